The van der Waals surface area contributed by atoms with Gasteiger partial charge in [-0.3, -0.25) is 4.79 Å². The molecule has 0 radical (unpaired) electrons. The molecule has 0 spiro atoms. The molecule has 4 heteroatoms. The average molecular weight is 244 g/mol. The Hall–Kier alpha value is -2.10. The van der Waals surface area contributed by atoms with E-state index >= 15 is 0 Å². The van der Waals surface area contributed by atoms with Crippen LogP contribution in [0.1, 0.15) is 29.8 Å². The first-order valence-electron chi connectivity index (χ1n) is 5.93. The van der Waals surface area contributed by atoms with Crippen molar-refractivity contribution in [2.75, 3.05) is 6.61 Å². The largest absolute Gasteiger partial charge is 0.494 e. The number of rotatable bonds is 5. The zero-order valence-electron chi connectivity index (χ0n) is 10.6. The third-order valence-electron chi connectivity index (χ3n) is 2.68. The predicted molar refractivity (Wildman–Crippen MR) is 68.9 cm³/mol. The highest BCUT2D eigenvalue weighted by molar-refractivity contribution is 5.94. The minimum atomic E-state index is 0.0601. The fourth-order valence-electron chi connectivity index (χ4n) is 1.80. The smallest absolute Gasteiger partial charge is 0.159 e. The second-order valence-corrected chi connectivity index (χ2v) is 4.05. The second kappa shape index (κ2) is 5.49. The van der Waals surface area contributed by atoms with E-state index in [4.69, 9.17) is 4.74 Å². The first kappa shape index (κ1) is 12.4. The molecule has 0 aliphatic rings. The maximum atomic E-state index is 11.4. The lowest BCUT2D eigenvalue weighted by molar-refractivity contribution is 0.101. The monoisotopic (exact) mass is 244 g/mol. The van der Waals surface area contributed by atoms with Crippen molar-refractivity contribution in [2.24, 2.45) is 0 Å². The molecule has 1 aromatic carbocycles. The Morgan fingerprint density at radius 3 is 2.89 bits per heavy atom. The summed E-state index contributed by atoms with van der Waals surface area (Å²) < 4.78 is 7.52. The van der Waals surface area contributed by atoms with Gasteiger partial charge in [-0.15, -0.1) is 0 Å². The molecule has 0 atom stereocenters. The number of ether oxygens (including phenoxy) is 1. The predicted octanol–water partition coefficient (Wildman–Crippen LogP) is 2.53. The third kappa shape index (κ3) is 2.77. The van der Waals surface area contributed by atoms with E-state index in [0.717, 1.165) is 11.3 Å². The van der Waals surface area contributed by atoms with E-state index in [9.17, 15) is 4.79 Å². The number of hydrogen-bond donors (Lipinski definition) is 0. The van der Waals surface area contributed by atoms with Crippen molar-refractivity contribution < 1.29 is 9.53 Å². The quantitative estimate of drug-likeness (QED) is 0.759. The van der Waals surface area contributed by atoms with Crippen LogP contribution in [0.25, 0.3) is 0 Å². The minimum Gasteiger partial charge on any atom is -0.494 e. The average Bonchev–Trinajstić information content (AvgIpc) is 2.84. The highest BCUT2D eigenvalue weighted by Crippen LogP contribution is 2.21. The van der Waals surface area contributed by atoms with Gasteiger partial charge in [-0.05, 0) is 32.0 Å². The van der Waals surface area contributed by atoms with Crippen LogP contribution in [0, 0.1) is 0 Å². The van der Waals surface area contributed by atoms with Crippen LogP contribution >= 0.6 is 0 Å². The van der Waals surface area contributed by atoms with Crippen molar-refractivity contribution in [1.29, 1.82) is 0 Å². The molecule has 18 heavy (non-hydrogen) atoms. The van der Waals surface area contributed by atoms with Crippen molar-refractivity contribution in [3.05, 3.63) is 48.0 Å². The Labute approximate surface area is 106 Å². The number of aromatic nitrogens is 2. The Morgan fingerprint density at radius 2 is 2.28 bits per heavy atom. The first-order chi connectivity index (χ1) is 8.70. The molecule has 0 bridgehead atoms. The number of carbonyl (C=O) groups excluding carboxylic acids is 1. The van der Waals surface area contributed by atoms with E-state index in [1.807, 2.05) is 29.8 Å². The lowest BCUT2D eigenvalue weighted by Crippen LogP contribution is -2.04. The molecule has 2 rings (SSSR count). The first-order valence-corrected chi connectivity index (χ1v) is 5.93. The summed E-state index contributed by atoms with van der Waals surface area (Å²) >= 11 is 0. The second-order valence-electron chi connectivity index (χ2n) is 4.05. The van der Waals surface area contributed by atoms with E-state index in [0.29, 0.717) is 18.7 Å². The van der Waals surface area contributed by atoms with Gasteiger partial charge < -0.3 is 9.30 Å². The molecule has 1 heterocycles. The normalized spacial score (nSPS) is 10.3. The van der Waals surface area contributed by atoms with Gasteiger partial charge in [0.2, 0.25) is 0 Å². The lowest BCUT2D eigenvalue weighted by atomic mass is 10.1. The van der Waals surface area contributed by atoms with E-state index < -0.39 is 0 Å². The van der Waals surface area contributed by atoms with Crippen LogP contribution in [-0.2, 0) is 6.54 Å². The van der Waals surface area contributed by atoms with Crippen LogP contribution in [0.3, 0.4) is 0 Å². The van der Waals surface area contributed by atoms with E-state index in [2.05, 4.69) is 4.98 Å². The van der Waals surface area contributed by atoms with E-state index in [1.165, 1.54) is 0 Å². The van der Waals surface area contributed by atoms with Crippen molar-refractivity contribution in [3.8, 4) is 5.75 Å². The SMILES string of the molecule is CCOc1ccc(C(C)=O)cc1Cn1ccnc1. The number of nitrogens with zero attached hydrogens (tertiary/aromatic N) is 2. The highest BCUT2D eigenvalue weighted by atomic mass is 16.5. The molecule has 0 saturated carbocycles. The number of hydrogen-bond acceptors (Lipinski definition) is 3. The van der Waals surface area contributed by atoms with Gasteiger partial charge in [0.1, 0.15) is 5.75 Å². The number of Topliss-reactive ketones (excluding diaryl/α,β-unsaturated/α-hetero) is 1. The molecular weight excluding hydrogens is 228 g/mol. The summed E-state index contributed by atoms with van der Waals surface area (Å²) in [5.41, 5.74) is 1.69. The maximum absolute atomic E-state index is 11.4. The van der Waals surface area contributed by atoms with Gasteiger partial charge in [0.15, 0.2) is 5.78 Å². The van der Waals surface area contributed by atoms with Crippen molar-refractivity contribution in [2.45, 2.75) is 20.4 Å². The number of imidazole rings is 1. The van der Waals surface area contributed by atoms with Gasteiger partial charge in [-0.25, -0.2) is 4.98 Å². The van der Waals surface area contributed by atoms with E-state index in [1.54, 1.807) is 25.5 Å². The Bertz CT molecular complexity index is 533. The molecule has 1 aromatic heterocycles. The summed E-state index contributed by atoms with van der Waals surface area (Å²) in [6.45, 7) is 4.77. The molecule has 0 aliphatic heterocycles. The van der Waals surface area contributed by atoms with Crippen molar-refractivity contribution in [3.63, 3.8) is 0 Å². The lowest BCUT2D eigenvalue weighted by Gasteiger charge is -2.11. The molecule has 2 aromatic rings. The van der Waals surface area contributed by atoms with Gasteiger partial charge in [0.25, 0.3) is 0 Å². The van der Waals surface area contributed by atoms with E-state index in [-0.39, 0.29) is 5.78 Å². The molecule has 0 saturated heterocycles. The zero-order valence-corrected chi connectivity index (χ0v) is 10.6. The summed E-state index contributed by atoms with van der Waals surface area (Å²) in [4.78, 5) is 15.4. The van der Waals surface area contributed by atoms with Gasteiger partial charge in [-0.1, -0.05) is 0 Å². The molecule has 0 unspecified atom stereocenters. The minimum absolute atomic E-state index is 0.0601. The van der Waals surface area contributed by atoms with Crippen LogP contribution in [0.2, 0.25) is 0 Å². The van der Waals surface area contributed by atoms with Gasteiger partial charge in [0, 0.05) is 23.5 Å². The maximum Gasteiger partial charge on any atom is 0.159 e. The highest BCUT2D eigenvalue weighted by Gasteiger charge is 2.08. The van der Waals surface area contributed by atoms with Crippen LogP contribution in [0.15, 0.2) is 36.9 Å². The fourth-order valence-corrected chi connectivity index (χ4v) is 1.80. The summed E-state index contributed by atoms with van der Waals surface area (Å²) in [6.07, 6.45) is 5.36. The van der Waals surface area contributed by atoms with Crippen LogP contribution in [0.5, 0.6) is 5.75 Å². The number of carbonyl (C=O) groups is 1. The van der Waals surface area contributed by atoms with Gasteiger partial charge in [-0.2, -0.15) is 0 Å². The Balaban J connectivity index is 2.34. The fraction of sp³-hybridized carbons (Fsp3) is 0.286. The topological polar surface area (TPSA) is 44.1 Å². The Kier molecular flexibility index (Phi) is 3.77. The standard InChI is InChI=1S/C14H16N2O2/c1-3-18-14-5-4-12(11(2)17)8-13(14)9-16-7-6-15-10-16/h4-8,10H,3,9H2,1-2H3. The molecule has 0 fully saturated rings. The number of ketones is 1. The summed E-state index contributed by atoms with van der Waals surface area (Å²) in [5, 5.41) is 0. The Morgan fingerprint density at radius 1 is 1.44 bits per heavy atom. The van der Waals surface area contributed by atoms with Gasteiger partial charge >= 0.3 is 0 Å². The molecule has 94 valence electrons. The van der Waals surface area contributed by atoms with Crippen LogP contribution < -0.4 is 4.74 Å². The molecule has 4 nitrogen and oxygen atoms in total. The van der Waals surface area contributed by atoms with Crippen molar-refractivity contribution in [1.82, 2.24) is 9.55 Å². The van der Waals surface area contributed by atoms with Crippen LogP contribution in [-0.4, -0.2) is 21.9 Å². The summed E-state index contributed by atoms with van der Waals surface area (Å²) in [5.74, 6) is 0.876. The van der Waals surface area contributed by atoms with Crippen LogP contribution in [0.4, 0.5) is 0 Å². The zero-order chi connectivity index (χ0) is 13.0. The molecular formula is C14H16N2O2. The number of benzene rings is 1. The van der Waals surface area contributed by atoms with Crippen molar-refractivity contribution >= 4 is 5.78 Å². The molecule has 0 N–H and O–H groups in total. The summed E-state index contributed by atoms with van der Waals surface area (Å²) in [6, 6.07) is 5.53. The third-order valence-corrected chi connectivity index (χ3v) is 2.68. The molecule has 0 aliphatic carbocycles. The molecule has 0 amide bonds. The summed E-state index contributed by atoms with van der Waals surface area (Å²) in [7, 11) is 0. The van der Waals surface area contributed by atoms with Gasteiger partial charge in [0.05, 0.1) is 19.5 Å².